The number of thioether (sulfide) groups is 1. The van der Waals surface area contributed by atoms with E-state index in [9.17, 15) is 31.1 Å². The summed E-state index contributed by atoms with van der Waals surface area (Å²) in [5.41, 5.74) is -3.42. The van der Waals surface area contributed by atoms with Crippen molar-refractivity contribution in [3.8, 4) is 5.75 Å². The number of aliphatic imine (C=N–C) groups is 1. The number of carbonyl (C=O) groups is 1. The Hall–Kier alpha value is -2.69. The molecule has 2 aromatic rings. The van der Waals surface area contributed by atoms with E-state index in [0.717, 1.165) is 4.90 Å². The lowest BCUT2D eigenvalue weighted by molar-refractivity contribution is -0.143. The number of ether oxygens (including phenoxy) is 1. The van der Waals surface area contributed by atoms with Crippen LogP contribution in [-0.2, 0) is 12.4 Å². The molecule has 1 fully saturated rings. The first-order valence-electron chi connectivity index (χ1n) is 9.48. The van der Waals surface area contributed by atoms with Crippen LogP contribution < -0.4 is 4.74 Å². The van der Waals surface area contributed by atoms with Gasteiger partial charge in [0.25, 0.3) is 5.91 Å². The third-order valence-corrected chi connectivity index (χ3v) is 5.73. The fourth-order valence-electron chi connectivity index (χ4n) is 3.05. The van der Waals surface area contributed by atoms with E-state index in [0.29, 0.717) is 35.9 Å². The number of amides is 1. The minimum absolute atomic E-state index is 0.00766. The number of nitrogens with zero attached hydrogens (tertiary/aromatic N) is 2. The van der Waals surface area contributed by atoms with Crippen LogP contribution in [0.5, 0.6) is 5.75 Å². The number of carbonyl (C=O) groups excluding carboxylic acids is 1. The zero-order chi connectivity index (χ0) is 23.7. The molecule has 11 heteroatoms. The molecule has 0 radical (unpaired) electrons. The van der Waals surface area contributed by atoms with Crippen molar-refractivity contribution in [3.63, 3.8) is 0 Å². The first-order valence-corrected chi connectivity index (χ1v) is 10.5. The summed E-state index contributed by atoms with van der Waals surface area (Å²) < 4.78 is 84.7. The van der Waals surface area contributed by atoms with E-state index in [-0.39, 0.29) is 11.2 Å². The van der Waals surface area contributed by atoms with Gasteiger partial charge in [0.05, 0.1) is 17.7 Å². The molecule has 1 aliphatic heterocycles. The van der Waals surface area contributed by atoms with Gasteiger partial charge in [-0.25, -0.2) is 4.99 Å². The number of rotatable bonds is 4. The molecular weight excluding hydrogens is 458 g/mol. The molecule has 0 aromatic heterocycles. The third-order valence-electron chi connectivity index (χ3n) is 4.54. The molecule has 0 bridgehead atoms. The molecule has 1 saturated heterocycles. The van der Waals surface area contributed by atoms with Crippen molar-refractivity contribution >= 4 is 28.5 Å². The van der Waals surface area contributed by atoms with E-state index in [4.69, 9.17) is 4.74 Å². The van der Waals surface area contributed by atoms with E-state index < -0.39 is 41.0 Å². The number of hydrogen-bond acceptors (Lipinski definition) is 4. The summed E-state index contributed by atoms with van der Waals surface area (Å²) in [5.74, 6) is -0.174. The number of amidine groups is 1. The minimum atomic E-state index is -5.05. The lowest BCUT2D eigenvalue weighted by Crippen LogP contribution is -2.38. The van der Waals surface area contributed by atoms with Gasteiger partial charge in [0, 0.05) is 17.4 Å². The average Bonchev–Trinajstić information content (AvgIpc) is 3.07. The Morgan fingerprint density at radius 3 is 2.25 bits per heavy atom. The average molecular weight is 476 g/mol. The van der Waals surface area contributed by atoms with Crippen molar-refractivity contribution in [3.05, 3.63) is 59.2 Å². The van der Waals surface area contributed by atoms with Gasteiger partial charge in [0.1, 0.15) is 11.4 Å². The summed E-state index contributed by atoms with van der Waals surface area (Å²) in [6, 6.07) is 7.08. The predicted octanol–water partition coefficient (Wildman–Crippen LogP) is 6.39. The summed E-state index contributed by atoms with van der Waals surface area (Å²) in [6.07, 6.45) is -10.1. The quantitative estimate of drug-likeness (QED) is 0.481. The summed E-state index contributed by atoms with van der Waals surface area (Å²) >= 11 is 1.18. The van der Waals surface area contributed by atoms with Crippen molar-refractivity contribution < 1.29 is 35.9 Å². The highest BCUT2D eigenvalue weighted by Gasteiger charge is 2.39. The maximum Gasteiger partial charge on any atom is 0.416 e. The second-order valence-electron chi connectivity index (χ2n) is 6.92. The number of para-hydroxylation sites is 2. The van der Waals surface area contributed by atoms with Gasteiger partial charge in [-0.05, 0) is 44.2 Å². The molecule has 0 unspecified atom stereocenters. The van der Waals surface area contributed by atoms with Crippen LogP contribution in [0, 0.1) is 0 Å². The summed E-state index contributed by atoms with van der Waals surface area (Å²) in [4.78, 5) is 18.6. The van der Waals surface area contributed by atoms with Gasteiger partial charge in [-0.3, -0.25) is 9.69 Å². The van der Waals surface area contributed by atoms with E-state index in [1.54, 1.807) is 38.1 Å². The van der Waals surface area contributed by atoms with E-state index >= 15 is 0 Å². The first-order chi connectivity index (χ1) is 14.9. The van der Waals surface area contributed by atoms with Crippen LogP contribution in [0.4, 0.5) is 32.0 Å². The Bertz CT molecular complexity index is 1000. The van der Waals surface area contributed by atoms with E-state index in [2.05, 4.69) is 4.99 Å². The number of alkyl halides is 6. The standard InChI is InChI=1S/C21H18F6N2O2S/c1-3-31-17-7-5-4-6-16(17)28-19-29(12(2)11-32-19)18(30)13-8-14(20(22,23)24)10-15(9-13)21(25,26)27/h4-10,12H,3,11H2,1-2H3/t12-/m1/s1. The van der Waals surface area contributed by atoms with Gasteiger partial charge in [-0.1, -0.05) is 23.9 Å². The van der Waals surface area contributed by atoms with Crippen LogP contribution in [0.25, 0.3) is 0 Å². The Labute approximate surface area is 184 Å². The Kier molecular flexibility index (Phi) is 6.77. The van der Waals surface area contributed by atoms with Crippen LogP contribution in [0.3, 0.4) is 0 Å². The summed E-state index contributed by atoms with van der Waals surface area (Å²) in [5, 5.41) is 0.167. The molecule has 2 aromatic carbocycles. The first kappa shape index (κ1) is 24.0. The van der Waals surface area contributed by atoms with Crippen LogP contribution >= 0.6 is 11.8 Å². The maximum atomic E-state index is 13.2. The number of halogens is 6. The Balaban J connectivity index is 2.06. The normalized spacial score (nSPS) is 18.3. The lowest BCUT2D eigenvalue weighted by Gasteiger charge is -2.22. The predicted molar refractivity (Wildman–Crippen MR) is 109 cm³/mol. The fraction of sp³-hybridized carbons (Fsp3) is 0.333. The molecular formula is C21H18F6N2O2S. The minimum Gasteiger partial charge on any atom is -0.492 e. The molecule has 4 nitrogen and oxygen atoms in total. The SMILES string of the molecule is CCOc1ccccc1N=C1SC[C@@H](C)N1C(=O)c1cc(C(F)(F)F)cc(C(F)(F)F)c1. The monoisotopic (exact) mass is 476 g/mol. The number of benzene rings is 2. The van der Waals surface area contributed by atoms with Crippen molar-refractivity contribution in [1.29, 1.82) is 0 Å². The van der Waals surface area contributed by atoms with E-state index in [1.807, 2.05) is 0 Å². The van der Waals surface area contributed by atoms with Crippen LogP contribution in [0.15, 0.2) is 47.5 Å². The van der Waals surface area contributed by atoms with Crippen molar-refractivity contribution in [2.45, 2.75) is 32.2 Å². The van der Waals surface area contributed by atoms with Crippen molar-refractivity contribution in [2.75, 3.05) is 12.4 Å². The molecule has 1 amide bonds. The number of hydrogen-bond donors (Lipinski definition) is 0. The molecule has 32 heavy (non-hydrogen) atoms. The zero-order valence-corrected chi connectivity index (χ0v) is 17.7. The van der Waals surface area contributed by atoms with Crippen LogP contribution in [0.2, 0.25) is 0 Å². The molecule has 0 N–H and O–H groups in total. The Morgan fingerprint density at radius 1 is 1.09 bits per heavy atom. The molecule has 0 spiro atoms. The molecule has 0 saturated carbocycles. The van der Waals surface area contributed by atoms with Gasteiger partial charge < -0.3 is 4.74 Å². The molecule has 0 aliphatic carbocycles. The van der Waals surface area contributed by atoms with Crippen LogP contribution in [0.1, 0.15) is 35.3 Å². The molecule has 1 heterocycles. The maximum absolute atomic E-state index is 13.2. The highest BCUT2D eigenvalue weighted by atomic mass is 32.2. The lowest BCUT2D eigenvalue weighted by atomic mass is 10.0. The third kappa shape index (κ3) is 5.20. The largest absolute Gasteiger partial charge is 0.492 e. The Morgan fingerprint density at radius 2 is 1.69 bits per heavy atom. The molecule has 3 rings (SSSR count). The smallest absolute Gasteiger partial charge is 0.416 e. The second kappa shape index (κ2) is 9.05. The van der Waals surface area contributed by atoms with E-state index in [1.165, 1.54) is 11.8 Å². The van der Waals surface area contributed by atoms with Gasteiger partial charge in [0.2, 0.25) is 0 Å². The zero-order valence-electron chi connectivity index (χ0n) is 16.9. The summed E-state index contributed by atoms with van der Waals surface area (Å²) in [6.45, 7) is 3.77. The highest BCUT2D eigenvalue weighted by molar-refractivity contribution is 8.14. The van der Waals surface area contributed by atoms with Gasteiger partial charge in [-0.15, -0.1) is 0 Å². The molecule has 1 atom stereocenters. The van der Waals surface area contributed by atoms with Crippen LogP contribution in [-0.4, -0.2) is 34.4 Å². The van der Waals surface area contributed by atoms with Gasteiger partial charge in [-0.2, -0.15) is 26.3 Å². The van der Waals surface area contributed by atoms with Gasteiger partial charge >= 0.3 is 12.4 Å². The second-order valence-corrected chi connectivity index (χ2v) is 7.91. The highest BCUT2D eigenvalue weighted by Crippen LogP contribution is 2.38. The fourth-order valence-corrected chi connectivity index (χ4v) is 4.15. The summed E-state index contributed by atoms with van der Waals surface area (Å²) in [7, 11) is 0. The molecule has 1 aliphatic rings. The topological polar surface area (TPSA) is 41.9 Å². The van der Waals surface area contributed by atoms with Crippen molar-refractivity contribution in [1.82, 2.24) is 4.90 Å². The van der Waals surface area contributed by atoms with Gasteiger partial charge in [0.15, 0.2) is 5.17 Å². The molecule has 172 valence electrons. The van der Waals surface area contributed by atoms with Crippen molar-refractivity contribution in [2.24, 2.45) is 4.99 Å².